The molecule has 0 amide bonds. The summed E-state index contributed by atoms with van der Waals surface area (Å²) in [5, 5.41) is 9.31. The van der Waals surface area contributed by atoms with E-state index in [1.54, 1.807) is 12.1 Å². The van der Waals surface area contributed by atoms with Crippen LogP contribution in [0.1, 0.15) is 77.2 Å². The number of phenolic OH excluding ortho intramolecular Hbond substituents is 1. The topological polar surface area (TPSA) is 20.2 Å². The van der Waals surface area contributed by atoms with Gasteiger partial charge in [-0.15, -0.1) is 0 Å². The number of rotatable bonds is 9. The van der Waals surface area contributed by atoms with E-state index in [0.29, 0.717) is 5.75 Å². The highest BCUT2D eigenvalue weighted by Gasteiger charge is 1.95. The van der Waals surface area contributed by atoms with Crippen LogP contribution in [0.2, 0.25) is 0 Å². The lowest BCUT2D eigenvalue weighted by molar-refractivity contribution is 0.475. The zero-order valence-corrected chi connectivity index (χ0v) is 14.2. The molecule has 120 valence electrons. The summed E-state index contributed by atoms with van der Waals surface area (Å²) in [6, 6.07) is 7.12. The predicted molar refractivity (Wildman–Crippen MR) is 96.0 cm³/mol. The lowest BCUT2D eigenvalue weighted by Gasteiger charge is -2.01. The van der Waals surface area contributed by atoms with Gasteiger partial charge in [-0.05, 0) is 55.5 Å². The minimum Gasteiger partial charge on any atom is -0.508 e. The summed E-state index contributed by atoms with van der Waals surface area (Å²) in [7, 11) is 0. The maximum Gasteiger partial charge on any atom is 0.115 e. The molecule has 0 heterocycles. The zero-order valence-electron chi connectivity index (χ0n) is 14.2. The van der Waals surface area contributed by atoms with Gasteiger partial charge in [0.2, 0.25) is 0 Å². The van der Waals surface area contributed by atoms with E-state index in [9.17, 15) is 5.11 Å². The van der Waals surface area contributed by atoms with Gasteiger partial charge in [-0.25, -0.2) is 0 Å². The Morgan fingerprint density at radius 1 is 0.955 bits per heavy atom. The molecule has 0 aliphatic carbocycles. The first-order valence-corrected chi connectivity index (χ1v) is 8.76. The molecule has 0 atom stereocenters. The molecule has 1 heteroatoms. The van der Waals surface area contributed by atoms with Gasteiger partial charge in [-0.1, -0.05) is 63.9 Å². The van der Waals surface area contributed by atoms with E-state index in [0.717, 1.165) is 18.4 Å². The van der Waals surface area contributed by atoms with Crippen molar-refractivity contribution in [1.29, 1.82) is 0 Å². The fourth-order valence-electron chi connectivity index (χ4n) is 2.33. The van der Waals surface area contributed by atoms with Crippen molar-refractivity contribution in [3.05, 3.63) is 41.5 Å². The monoisotopic (exact) mass is 298 g/mol. The maximum absolute atomic E-state index is 9.31. The molecule has 0 aliphatic rings. The number of hydrogen-bond donors (Lipinski definition) is 1. The van der Waals surface area contributed by atoms with Gasteiger partial charge in [0.1, 0.15) is 5.75 Å². The molecule has 1 aromatic carbocycles. The van der Waals surface area contributed by atoms with Crippen LogP contribution in [0.5, 0.6) is 5.75 Å². The summed E-state index contributed by atoms with van der Waals surface area (Å²) < 4.78 is 0. The normalized spacial score (nSPS) is 11.1. The fraction of sp³-hybridized carbons (Fsp3) is 0.524. The van der Waals surface area contributed by atoms with E-state index in [1.807, 2.05) is 12.1 Å². The molecule has 0 saturated heterocycles. The van der Waals surface area contributed by atoms with E-state index in [-0.39, 0.29) is 0 Å². The Bertz CT molecular complexity index is 485. The average molecular weight is 298 g/mol. The lowest BCUT2D eigenvalue weighted by atomic mass is 10.0. The lowest BCUT2D eigenvalue weighted by Crippen LogP contribution is -1.84. The third kappa shape index (κ3) is 8.57. The smallest absolute Gasteiger partial charge is 0.115 e. The molecule has 1 aromatic rings. The number of hydrogen-bond acceptors (Lipinski definition) is 1. The molecule has 0 radical (unpaired) electrons. The number of unbranched alkanes of at least 4 members (excludes halogenated alkanes) is 6. The molecular weight excluding hydrogens is 268 g/mol. The summed E-state index contributed by atoms with van der Waals surface area (Å²) in [6.45, 7) is 4.48. The van der Waals surface area contributed by atoms with Crippen molar-refractivity contribution < 1.29 is 5.11 Å². The van der Waals surface area contributed by atoms with Crippen molar-refractivity contribution in [1.82, 2.24) is 0 Å². The second-order valence-corrected chi connectivity index (χ2v) is 5.83. The molecule has 0 fully saturated rings. The van der Waals surface area contributed by atoms with Crippen molar-refractivity contribution in [2.45, 2.75) is 71.6 Å². The molecule has 0 unspecified atom stereocenters. The van der Waals surface area contributed by atoms with Gasteiger partial charge in [0.25, 0.3) is 0 Å². The van der Waals surface area contributed by atoms with E-state index in [2.05, 4.69) is 31.8 Å². The highest BCUT2D eigenvalue weighted by atomic mass is 16.3. The van der Waals surface area contributed by atoms with Crippen LogP contribution in [0.4, 0.5) is 0 Å². The van der Waals surface area contributed by atoms with Crippen LogP contribution in [-0.4, -0.2) is 5.11 Å². The van der Waals surface area contributed by atoms with Crippen LogP contribution in [-0.2, 0) is 0 Å². The van der Waals surface area contributed by atoms with Crippen molar-refractivity contribution >= 4 is 0 Å². The van der Waals surface area contributed by atoms with Crippen LogP contribution < -0.4 is 0 Å². The van der Waals surface area contributed by atoms with Crippen molar-refractivity contribution in [2.24, 2.45) is 0 Å². The van der Waals surface area contributed by atoms with Gasteiger partial charge in [-0.2, -0.15) is 0 Å². The van der Waals surface area contributed by atoms with Gasteiger partial charge >= 0.3 is 0 Å². The summed E-state index contributed by atoms with van der Waals surface area (Å²) in [4.78, 5) is 0. The third-order valence-corrected chi connectivity index (χ3v) is 3.73. The summed E-state index contributed by atoms with van der Waals surface area (Å²) in [5.74, 6) is 6.86. The summed E-state index contributed by atoms with van der Waals surface area (Å²) in [6.07, 6.45) is 13.5. The van der Waals surface area contributed by atoms with E-state index in [4.69, 9.17) is 0 Å². The van der Waals surface area contributed by atoms with Crippen LogP contribution >= 0.6 is 0 Å². The Hall–Kier alpha value is -1.68. The van der Waals surface area contributed by atoms with Crippen molar-refractivity contribution in [3.8, 4) is 17.6 Å². The number of allylic oxidation sites excluding steroid dienone is 2. The third-order valence-electron chi connectivity index (χ3n) is 3.73. The largest absolute Gasteiger partial charge is 0.508 e. The SMILES string of the molecule is CCCCCC=C(C#Cc1ccc(O)cc1)CCCCCC. The van der Waals surface area contributed by atoms with Crippen LogP contribution in [0.3, 0.4) is 0 Å². The van der Waals surface area contributed by atoms with E-state index >= 15 is 0 Å². The second-order valence-electron chi connectivity index (χ2n) is 5.83. The molecule has 1 N–H and O–H groups in total. The standard InChI is InChI=1S/C21H30O/c1-3-5-7-9-11-19(12-10-8-6-4-2)13-14-20-15-17-21(22)18-16-20/h11,15-18,22H,3-10,12H2,1-2H3. The summed E-state index contributed by atoms with van der Waals surface area (Å²) >= 11 is 0. The summed E-state index contributed by atoms with van der Waals surface area (Å²) in [5.41, 5.74) is 2.24. The minimum absolute atomic E-state index is 0.292. The van der Waals surface area contributed by atoms with Gasteiger partial charge in [0.05, 0.1) is 0 Å². The molecule has 22 heavy (non-hydrogen) atoms. The number of phenols is 1. The molecule has 1 nitrogen and oxygen atoms in total. The Morgan fingerprint density at radius 3 is 2.32 bits per heavy atom. The Kier molecular flexibility index (Phi) is 9.96. The minimum atomic E-state index is 0.292. The van der Waals surface area contributed by atoms with Gasteiger partial charge < -0.3 is 5.11 Å². The Labute approximate surface area is 136 Å². The molecular formula is C21H30O. The molecule has 0 bridgehead atoms. The first-order chi connectivity index (χ1) is 10.8. The average Bonchev–Trinajstić information content (AvgIpc) is 2.54. The van der Waals surface area contributed by atoms with Gasteiger partial charge in [0.15, 0.2) is 0 Å². The first kappa shape index (κ1) is 18.4. The highest BCUT2D eigenvalue weighted by molar-refractivity contribution is 5.42. The predicted octanol–water partition coefficient (Wildman–Crippen LogP) is 6.22. The first-order valence-electron chi connectivity index (χ1n) is 8.76. The highest BCUT2D eigenvalue weighted by Crippen LogP contribution is 2.13. The quantitative estimate of drug-likeness (QED) is 0.424. The molecule has 0 aromatic heterocycles. The van der Waals surface area contributed by atoms with E-state index < -0.39 is 0 Å². The maximum atomic E-state index is 9.31. The van der Waals surface area contributed by atoms with Crippen LogP contribution in [0.15, 0.2) is 35.9 Å². The van der Waals surface area contributed by atoms with E-state index in [1.165, 1.54) is 50.5 Å². The number of benzene rings is 1. The number of aromatic hydroxyl groups is 1. The van der Waals surface area contributed by atoms with Crippen LogP contribution in [0, 0.1) is 11.8 Å². The Morgan fingerprint density at radius 2 is 1.64 bits per heavy atom. The van der Waals surface area contributed by atoms with Gasteiger partial charge in [0, 0.05) is 5.56 Å². The second kappa shape index (κ2) is 11.9. The van der Waals surface area contributed by atoms with Gasteiger partial charge in [-0.3, -0.25) is 0 Å². The van der Waals surface area contributed by atoms with Crippen molar-refractivity contribution in [3.63, 3.8) is 0 Å². The van der Waals surface area contributed by atoms with Crippen molar-refractivity contribution in [2.75, 3.05) is 0 Å². The molecule has 1 rings (SSSR count). The fourth-order valence-corrected chi connectivity index (χ4v) is 2.33. The Balaban J connectivity index is 2.61. The molecule has 0 aliphatic heterocycles. The van der Waals surface area contributed by atoms with Crippen LogP contribution in [0.25, 0.3) is 0 Å². The molecule has 0 spiro atoms. The molecule has 0 saturated carbocycles. The zero-order chi connectivity index (χ0) is 16.0.